The minimum Gasteiger partial charge on any atom is -0.506 e. The Balaban J connectivity index is 1.62. The van der Waals surface area contributed by atoms with E-state index in [9.17, 15) is 9.90 Å². The lowest BCUT2D eigenvalue weighted by Crippen LogP contribution is -2.38. The van der Waals surface area contributed by atoms with Crippen LogP contribution in [0.1, 0.15) is 34.7 Å². The molecule has 0 fully saturated rings. The molecule has 1 atom stereocenters. The van der Waals surface area contributed by atoms with Crippen molar-refractivity contribution < 1.29 is 9.84 Å². The van der Waals surface area contributed by atoms with Gasteiger partial charge in [0.1, 0.15) is 11.5 Å². The lowest BCUT2D eigenvalue weighted by molar-refractivity contribution is 0.414. The molecule has 6 rings (SSSR count). The highest BCUT2D eigenvalue weighted by Gasteiger charge is 2.32. The van der Waals surface area contributed by atoms with Crippen LogP contribution in [0.15, 0.2) is 76.0 Å². The van der Waals surface area contributed by atoms with Crippen molar-refractivity contribution in [1.82, 2.24) is 4.57 Å². The summed E-state index contributed by atoms with van der Waals surface area (Å²) >= 11 is 13.6. The molecule has 0 saturated heterocycles. The minimum absolute atomic E-state index is 0.119. The number of hydrogen-bond donors (Lipinski definition) is 1. The van der Waals surface area contributed by atoms with Crippen LogP contribution in [-0.4, -0.2) is 16.8 Å². The van der Waals surface area contributed by atoms with Crippen LogP contribution in [0.4, 0.5) is 0 Å². The van der Waals surface area contributed by atoms with Crippen LogP contribution < -0.4 is 19.6 Å². The number of ether oxygens (including phenoxy) is 1. The number of hydrogen-bond acceptors (Lipinski definition) is 5. The predicted molar refractivity (Wildman–Crippen MR) is 144 cm³/mol. The van der Waals surface area contributed by atoms with Gasteiger partial charge in [-0.05, 0) is 59.9 Å². The SMILES string of the molecule is COc1ccc(C2C3=C(N=c4sc(=Cc5cc(Cl)cc(Cl)c5O)c(=O)n42)c2ccccc2CC3)cc1. The molecule has 180 valence electrons. The first-order chi connectivity index (χ1) is 17.4. The summed E-state index contributed by atoms with van der Waals surface area (Å²) in [6, 6.07) is 18.9. The number of phenols is 1. The molecule has 4 aromatic rings. The monoisotopic (exact) mass is 534 g/mol. The molecule has 36 heavy (non-hydrogen) atoms. The van der Waals surface area contributed by atoms with Gasteiger partial charge in [0.25, 0.3) is 5.56 Å². The maximum atomic E-state index is 13.8. The van der Waals surface area contributed by atoms with Crippen molar-refractivity contribution in [3.8, 4) is 11.5 Å². The van der Waals surface area contributed by atoms with Crippen molar-refractivity contribution in [2.24, 2.45) is 4.99 Å². The zero-order valence-corrected chi connectivity index (χ0v) is 21.5. The molecule has 3 aromatic carbocycles. The molecule has 1 unspecified atom stereocenters. The molecule has 0 radical (unpaired) electrons. The van der Waals surface area contributed by atoms with Crippen molar-refractivity contribution in [3.63, 3.8) is 0 Å². The normalized spacial score (nSPS) is 16.8. The Labute approximate surface area is 220 Å². The second-order valence-electron chi connectivity index (χ2n) is 8.71. The molecule has 8 heteroatoms. The standard InChI is InChI=1S/C28H20Cl2N2O3S/c1-35-19-9-6-16(7-10-19)25-21-11-8-15-4-2-3-5-20(15)24(21)31-28-32(25)27(34)23(36-28)13-17-12-18(29)14-22(30)26(17)33/h2-7,9-10,12-14,25,33H,8,11H2,1H3. The van der Waals surface area contributed by atoms with Crippen molar-refractivity contribution >= 4 is 46.3 Å². The number of allylic oxidation sites excluding steroid dienone is 1. The molecular weight excluding hydrogens is 515 g/mol. The molecule has 0 amide bonds. The van der Waals surface area contributed by atoms with E-state index in [4.69, 9.17) is 32.9 Å². The molecule has 1 aromatic heterocycles. The van der Waals surface area contributed by atoms with E-state index in [1.165, 1.54) is 23.0 Å². The highest BCUT2D eigenvalue weighted by atomic mass is 35.5. The second-order valence-corrected chi connectivity index (χ2v) is 10.6. The number of thiazole rings is 1. The van der Waals surface area contributed by atoms with E-state index in [0.717, 1.165) is 41.0 Å². The zero-order chi connectivity index (χ0) is 25.0. The zero-order valence-electron chi connectivity index (χ0n) is 19.2. The smallest absolute Gasteiger partial charge is 0.271 e. The molecular formula is C28H20Cl2N2O3S. The number of aromatic nitrogens is 1. The maximum absolute atomic E-state index is 13.8. The Bertz CT molecular complexity index is 1740. The van der Waals surface area contributed by atoms with Gasteiger partial charge in [-0.2, -0.15) is 0 Å². The largest absolute Gasteiger partial charge is 0.506 e. The van der Waals surface area contributed by atoms with Crippen LogP contribution in [0.2, 0.25) is 10.0 Å². The van der Waals surface area contributed by atoms with Crippen LogP contribution >= 0.6 is 34.5 Å². The molecule has 1 aliphatic heterocycles. The van der Waals surface area contributed by atoms with E-state index in [-0.39, 0.29) is 22.4 Å². The van der Waals surface area contributed by atoms with Gasteiger partial charge in [0.2, 0.25) is 0 Å². The number of methoxy groups -OCH3 is 1. The van der Waals surface area contributed by atoms with Crippen LogP contribution in [-0.2, 0) is 6.42 Å². The summed E-state index contributed by atoms with van der Waals surface area (Å²) in [5, 5.41) is 11.0. The van der Waals surface area contributed by atoms with E-state index in [1.807, 2.05) is 36.4 Å². The summed E-state index contributed by atoms with van der Waals surface area (Å²) in [4.78, 5) is 19.4. The van der Waals surface area contributed by atoms with E-state index in [2.05, 4.69) is 12.1 Å². The Hall–Kier alpha value is -3.32. The fourth-order valence-electron chi connectivity index (χ4n) is 4.95. The first kappa shape index (κ1) is 23.1. The average molecular weight is 535 g/mol. The second kappa shape index (κ2) is 8.96. The molecule has 0 saturated carbocycles. The highest BCUT2D eigenvalue weighted by molar-refractivity contribution is 7.07. The van der Waals surface area contributed by atoms with Gasteiger partial charge in [0.05, 0.1) is 28.4 Å². The van der Waals surface area contributed by atoms with Crippen molar-refractivity contribution in [2.75, 3.05) is 7.11 Å². The van der Waals surface area contributed by atoms with E-state index in [0.29, 0.717) is 19.9 Å². The number of nitrogens with zero attached hydrogens (tertiary/aromatic N) is 2. The lowest BCUT2D eigenvalue weighted by atomic mass is 9.83. The van der Waals surface area contributed by atoms with Gasteiger partial charge in [0, 0.05) is 16.1 Å². The van der Waals surface area contributed by atoms with E-state index >= 15 is 0 Å². The molecule has 2 heterocycles. The van der Waals surface area contributed by atoms with Crippen LogP contribution in [0.3, 0.4) is 0 Å². The summed E-state index contributed by atoms with van der Waals surface area (Å²) in [7, 11) is 1.63. The van der Waals surface area contributed by atoms with Crippen molar-refractivity contribution in [1.29, 1.82) is 0 Å². The van der Waals surface area contributed by atoms with Crippen LogP contribution in [0.25, 0.3) is 11.8 Å². The first-order valence-electron chi connectivity index (χ1n) is 11.4. The molecule has 5 nitrogen and oxygen atoms in total. The van der Waals surface area contributed by atoms with Gasteiger partial charge in [0.15, 0.2) is 4.80 Å². The summed E-state index contributed by atoms with van der Waals surface area (Å²) in [6.45, 7) is 0. The van der Waals surface area contributed by atoms with Gasteiger partial charge in [-0.15, -0.1) is 0 Å². The lowest BCUT2D eigenvalue weighted by Gasteiger charge is -2.30. The average Bonchev–Trinajstić information content (AvgIpc) is 3.20. The molecule has 0 spiro atoms. The Morgan fingerprint density at radius 3 is 2.67 bits per heavy atom. The van der Waals surface area contributed by atoms with Gasteiger partial charge >= 0.3 is 0 Å². The number of phenolic OH excluding ortho intramolecular Hbond substituents is 1. The number of benzene rings is 3. The molecule has 1 N–H and O–H groups in total. The predicted octanol–water partition coefficient (Wildman–Crippen LogP) is 5.34. The van der Waals surface area contributed by atoms with Crippen molar-refractivity contribution in [3.05, 3.63) is 118 Å². The number of fused-ring (bicyclic) bond motifs is 3. The molecule has 0 bridgehead atoms. The third kappa shape index (κ3) is 3.77. The van der Waals surface area contributed by atoms with Gasteiger partial charge in [-0.25, -0.2) is 4.99 Å². The number of halogens is 2. The Morgan fingerprint density at radius 2 is 1.89 bits per heavy atom. The third-order valence-corrected chi connectivity index (χ3v) is 8.14. The number of rotatable bonds is 3. The first-order valence-corrected chi connectivity index (χ1v) is 13.0. The van der Waals surface area contributed by atoms with Crippen LogP contribution in [0.5, 0.6) is 11.5 Å². The quantitative estimate of drug-likeness (QED) is 0.385. The van der Waals surface area contributed by atoms with Crippen molar-refractivity contribution in [2.45, 2.75) is 18.9 Å². The fraction of sp³-hybridized carbons (Fsp3) is 0.143. The topological polar surface area (TPSA) is 63.8 Å². The Kier molecular flexibility index (Phi) is 5.75. The summed E-state index contributed by atoms with van der Waals surface area (Å²) in [5.74, 6) is 0.634. The maximum Gasteiger partial charge on any atom is 0.271 e. The van der Waals surface area contributed by atoms with E-state index in [1.54, 1.807) is 23.8 Å². The van der Waals surface area contributed by atoms with Crippen LogP contribution in [0, 0.1) is 0 Å². The summed E-state index contributed by atoms with van der Waals surface area (Å²) in [6.07, 6.45) is 3.32. The highest BCUT2D eigenvalue weighted by Crippen LogP contribution is 2.41. The molecule has 2 aliphatic rings. The molecule has 1 aliphatic carbocycles. The van der Waals surface area contributed by atoms with Gasteiger partial charge in [-0.3, -0.25) is 9.36 Å². The van der Waals surface area contributed by atoms with E-state index < -0.39 is 0 Å². The van der Waals surface area contributed by atoms with Gasteiger partial charge in [-0.1, -0.05) is 70.9 Å². The Morgan fingerprint density at radius 1 is 1.11 bits per heavy atom. The third-order valence-electron chi connectivity index (χ3n) is 6.65. The number of aromatic hydroxyl groups is 1. The summed E-state index contributed by atoms with van der Waals surface area (Å²) < 4.78 is 7.55. The van der Waals surface area contributed by atoms with Gasteiger partial charge < -0.3 is 9.84 Å². The minimum atomic E-state index is -0.297. The summed E-state index contributed by atoms with van der Waals surface area (Å²) in [5.41, 5.74) is 5.60. The number of aryl methyl sites for hydroxylation is 1. The fourth-order valence-corrected chi connectivity index (χ4v) is 6.45.